The number of halogens is 2. The molecule has 6 rings (SSSR count). The first-order valence-corrected chi connectivity index (χ1v) is 12.6. The average Bonchev–Trinajstić information content (AvgIpc) is 3.52. The van der Waals surface area contributed by atoms with Crippen molar-refractivity contribution in [3.63, 3.8) is 0 Å². The van der Waals surface area contributed by atoms with Crippen molar-refractivity contribution >= 4 is 47.5 Å². The number of carbonyl (C=O) groups excluding carboxylic acids is 3. The molecule has 2 fully saturated rings. The predicted molar refractivity (Wildman–Crippen MR) is 143 cm³/mol. The summed E-state index contributed by atoms with van der Waals surface area (Å²) >= 11 is 6.21. The molecule has 3 aliphatic rings. The summed E-state index contributed by atoms with van der Waals surface area (Å²) in [5.41, 5.74) is 2.21. The second-order valence-electron chi connectivity index (χ2n) is 9.73. The first kappa shape index (κ1) is 25.5. The lowest BCUT2D eigenvalue weighted by molar-refractivity contribution is 0.0409. The third-order valence-electron chi connectivity index (χ3n) is 7.72. The summed E-state index contributed by atoms with van der Waals surface area (Å²) in [6.45, 7) is 2.21. The molecule has 0 radical (unpaired) electrons. The first-order chi connectivity index (χ1) is 17.5. The molecular weight excluding hydrogens is 511 g/mol. The van der Waals surface area contributed by atoms with E-state index in [0.29, 0.717) is 34.7 Å². The number of benzene rings is 3. The van der Waals surface area contributed by atoms with Crippen LogP contribution < -0.4 is 4.90 Å². The van der Waals surface area contributed by atoms with Crippen molar-refractivity contribution in [3.8, 4) is 0 Å². The largest absolute Gasteiger partial charge is 0.462 e. The highest BCUT2D eigenvalue weighted by Gasteiger charge is 2.47. The van der Waals surface area contributed by atoms with Gasteiger partial charge in [0.2, 0.25) is 0 Å². The number of esters is 1. The number of piperidine rings is 1. The zero-order valence-corrected chi connectivity index (χ0v) is 21.6. The van der Waals surface area contributed by atoms with E-state index in [-0.39, 0.29) is 29.6 Å². The van der Waals surface area contributed by atoms with Gasteiger partial charge >= 0.3 is 5.97 Å². The fraction of sp³-hybridized carbons (Fsp3) is 0.276. The van der Waals surface area contributed by atoms with Crippen molar-refractivity contribution in [3.05, 3.63) is 100 Å². The van der Waals surface area contributed by atoms with Crippen LogP contribution in [0.3, 0.4) is 0 Å². The van der Waals surface area contributed by atoms with Crippen molar-refractivity contribution in [1.29, 1.82) is 0 Å². The third kappa shape index (κ3) is 4.54. The highest BCUT2D eigenvalue weighted by molar-refractivity contribution is 6.36. The van der Waals surface area contributed by atoms with Gasteiger partial charge in [0, 0.05) is 30.1 Å². The second-order valence-corrected chi connectivity index (χ2v) is 10.2. The van der Waals surface area contributed by atoms with Gasteiger partial charge in [0.05, 0.1) is 29.0 Å². The van der Waals surface area contributed by atoms with Crippen molar-refractivity contribution < 1.29 is 19.1 Å². The number of rotatable bonds is 6. The monoisotopic (exact) mass is 536 g/mol. The Hall–Kier alpha value is -3.19. The number of nitrogens with zero attached hydrogens (tertiary/aromatic N) is 2. The molecule has 190 valence electrons. The quantitative estimate of drug-likeness (QED) is 0.301. The Kier molecular flexibility index (Phi) is 7.08. The summed E-state index contributed by atoms with van der Waals surface area (Å²) in [6.07, 6.45) is 2.24. The summed E-state index contributed by atoms with van der Waals surface area (Å²) in [6, 6.07) is 22.0. The van der Waals surface area contributed by atoms with Gasteiger partial charge in [-0.2, -0.15) is 0 Å². The van der Waals surface area contributed by atoms with Gasteiger partial charge in [-0.3, -0.25) is 14.5 Å². The molecule has 3 aromatic rings. The Morgan fingerprint density at radius 3 is 2.30 bits per heavy atom. The predicted octanol–water partition coefficient (Wildman–Crippen LogP) is 5.63. The van der Waals surface area contributed by atoms with Crippen LogP contribution in [-0.4, -0.2) is 41.9 Å². The lowest BCUT2D eigenvalue weighted by Gasteiger charge is -2.27. The number of hydrogen-bond acceptors (Lipinski definition) is 5. The summed E-state index contributed by atoms with van der Waals surface area (Å²) in [5.74, 6) is -0.742. The number of imide groups is 1. The van der Waals surface area contributed by atoms with Crippen LogP contribution in [0.4, 0.5) is 5.69 Å². The molecule has 1 saturated heterocycles. The number of hydrogen-bond donors (Lipinski definition) is 0. The maximum Gasteiger partial charge on any atom is 0.340 e. The van der Waals surface area contributed by atoms with E-state index >= 15 is 0 Å². The molecule has 37 heavy (non-hydrogen) atoms. The smallest absolute Gasteiger partial charge is 0.340 e. The second kappa shape index (κ2) is 10.3. The fourth-order valence-electron chi connectivity index (χ4n) is 6.01. The number of carbonyl (C=O) groups is 3. The molecule has 0 N–H and O–H groups in total. The van der Waals surface area contributed by atoms with E-state index < -0.39 is 17.8 Å². The van der Waals surface area contributed by atoms with Crippen molar-refractivity contribution in [2.24, 2.45) is 11.8 Å². The highest BCUT2D eigenvalue weighted by Crippen LogP contribution is 2.43. The zero-order chi connectivity index (χ0) is 24.8. The molecule has 0 aromatic heterocycles. The molecule has 6 nitrogen and oxygen atoms in total. The van der Waals surface area contributed by atoms with E-state index in [4.69, 9.17) is 16.3 Å². The normalized spacial score (nSPS) is 22.2. The van der Waals surface area contributed by atoms with Crippen LogP contribution in [0.2, 0.25) is 5.02 Å². The maximum atomic E-state index is 13.3. The standard InChI is InChI=1S/C29H25ClN2O4.ClH/c30-20-11-12-23(26(14-20)32-27(33)21-8-4-5-9-22(21)28(32)34)29(35)36-17-24-19-10-13-25(24)31(16-19)15-18-6-2-1-3-7-18;/h1-9,11-12,14,19,24-25H,10,13,15-17H2;1H. The van der Waals surface area contributed by atoms with Gasteiger partial charge in [0.1, 0.15) is 0 Å². The van der Waals surface area contributed by atoms with Gasteiger partial charge in [-0.1, -0.05) is 54.1 Å². The molecule has 8 heteroatoms. The Balaban J connectivity index is 0.00000280. The summed E-state index contributed by atoms with van der Waals surface area (Å²) in [5, 5.41) is 0.323. The molecule has 3 aromatic carbocycles. The van der Waals surface area contributed by atoms with Gasteiger partial charge < -0.3 is 4.74 Å². The summed E-state index contributed by atoms with van der Waals surface area (Å²) in [7, 11) is 0. The van der Waals surface area contributed by atoms with Gasteiger partial charge in [0.25, 0.3) is 11.8 Å². The minimum absolute atomic E-state index is 0. The SMILES string of the molecule is Cl.O=C(OCC1C2CCC1N(Cc1ccccc1)C2)c1ccc(Cl)cc1N1C(=O)c2ccccc2C1=O. The van der Waals surface area contributed by atoms with Gasteiger partial charge in [0.15, 0.2) is 0 Å². The van der Waals surface area contributed by atoms with E-state index in [1.54, 1.807) is 30.3 Å². The van der Waals surface area contributed by atoms with Crippen LogP contribution in [0.1, 0.15) is 49.5 Å². The van der Waals surface area contributed by atoms with E-state index in [9.17, 15) is 14.4 Å². The molecule has 2 amide bonds. The van der Waals surface area contributed by atoms with Crippen LogP contribution in [0.5, 0.6) is 0 Å². The Morgan fingerprint density at radius 2 is 1.59 bits per heavy atom. The molecule has 2 aliphatic heterocycles. The van der Waals surface area contributed by atoms with Gasteiger partial charge in [-0.05, 0) is 54.7 Å². The summed E-state index contributed by atoms with van der Waals surface area (Å²) < 4.78 is 5.82. The van der Waals surface area contributed by atoms with E-state index in [0.717, 1.165) is 30.8 Å². The Morgan fingerprint density at radius 1 is 0.919 bits per heavy atom. The van der Waals surface area contributed by atoms with Gasteiger partial charge in [-0.15, -0.1) is 12.4 Å². The first-order valence-electron chi connectivity index (χ1n) is 12.2. The number of fused-ring (bicyclic) bond motifs is 3. The molecule has 3 unspecified atom stereocenters. The molecule has 3 atom stereocenters. The number of ether oxygens (including phenoxy) is 1. The van der Waals surface area contributed by atoms with Crippen LogP contribution in [0.15, 0.2) is 72.8 Å². The Bertz CT molecular complexity index is 1330. The molecular formula is C29H26Cl2N2O4. The minimum atomic E-state index is -0.556. The topological polar surface area (TPSA) is 66.9 Å². The Labute approximate surface area is 226 Å². The lowest BCUT2D eigenvalue weighted by Crippen LogP contribution is -2.34. The third-order valence-corrected chi connectivity index (χ3v) is 7.96. The van der Waals surface area contributed by atoms with Crippen molar-refractivity contribution in [2.75, 3.05) is 18.1 Å². The minimum Gasteiger partial charge on any atom is -0.462 e. The van der Waals surface area contributed by atoms with Crippen molar-refractivity contribution in [2.45, 2.75) is 25.4 Å². The number of anilines is 1. The maximum absolute atomic E-state index is 13.3. The molecule has 1 saturated carbocycles. The molecule has 2 bridgehead atoms. The molecule has 0 spiro atoms. The van der Waals surface area contributed by atoms with Crippen LogP contribution in [0, 0.1) is 11.8 Å². The van der Waals surface area contributed by atoms with Gasteiger partial charge in [-0.25, -0.2) is 9.69 Å². The summed E-state index contributed by atoms with van der Waals surface area (Å²) in [4.78, 5) is 42.9. The van der Waals surface area contributed by atoms with E-state index in [2.05, 4.69) is 29.2 Å². The van der Waals surface area contributed by atoms with E-state index in [1.165, 1.54) is 17.7 Å². The highest BCUT2D eigenvalue weighted by atomic mass is 35.5. The lowest BCUT2D eigenvalue weighted by atomic mass is 9.99. The zero-order valence-electron chi connectivity index (χ0n) is 20.0. The van der Waals surface area contributed by atoms with Crippen LogP contribution >= 0.6 is 24.0 Å². The molecule has 2 heterocycles. The number of amides is 2. The number of likely N-dealkylation sites (tertiary alicyclic amines) is 1. The van der Waals surface area contributed by atoms with Crippen LogP contribution in [-0.2, 0) is 11.3 Å². The van der Waals surface area contributed by atoms with E-state index in [1.807, 2.05) is 6.07 Å². The average molecular weight is 537 g/mol. The molecule has 1 aliphatic carbocycles. The fourth-order valence-corrected chi connectivity index (χ4v) is 6.18. The van der Waals surface area contributed by atoms with Crippen LogP contribution in [0.25, 0.3) is 0 Å². The van der Waals surface area contributed by atoms with Crippen molar-refractivity contribution in [1.82, 2.24) is 4.90 Å².